The van der Waals surface area contributed by atoms with Crippen LogP contribution in [-0.4, -0.2) is 53.7 Å². The number of aromatic nitrogens is 1. The maximum absolute atomic E-state index is 12.9. The SMILES string of the molecule is Cc1noc(C)c1CN1CCc2c(C(=O)N(C)CC3CCCO3)csc2C1. The predicted octanol–water partition coefficient (Wildman–Crippen LogP) is 3.16. The molecule has 7 heteroatoms. The van der Waals surface area contributed by atoms with Crippen molar-refractivity contribution in [3.63, 3.8) is 0 Å². The topological polar surface area (TPSA) is 58.8 Å². The normalized spacial score (nSPS) is 20.0. The highest BCUT2D eigenvalue weighted by molar-refractivity contribution is 7.10. The second-order valence-electron chi connectivity index (χ2n) is 7.64. The molecule has 1 fully saturated rings. The fraction of sp³-hybridized carbons (Fsp3) is 0.600. The highest BCUT2D eigenvalue weighted by atomic mass is 32.1. The van der Waals surface area contributed by atoms with E-state index in [4.69, 9.17) is 9.26 Å². The number of fused-ring (bicyclic) bond motifs is 1. The summed E-state index contributed by atoms with van der Waals surface area (Å²) in [6.45, 7) is 8.14. The molecule has 0 saturated carbocycles. The number of carbonyl (C=O) groups is 1. The molecule has 1 atom stereocenters. The molecular formula is C20H27N3O3S. The first kappa shape index (κ1) is 18.7. The van der Waals surface area contributed by atoms with E-state index in [2.05, 4.69) is 10.1 Å². The van der Waals surface area contributed by atoms with Crippen LogP contribution in [0.4, 0.5) is 0 Å². The van der Waals surface area contributed by atoms with E-state index in [1.807, 2.05) is 31.2 Å². The van der Waals surface area contributed by atoms with Gasteiger partial charge in [0.05, 0.1) is 17.4 Å². The molecule has 4 rings (SSSR count). The summed E-state index contributed by atoms with van der Waals surface area (Å²) in [5.74, 6) is 1.03. The lowest BCUT2D eigenvalue weighted by Gasteiger charge is -2.27. The van der Waals surface area contributed by atoms with E-state index >= 15 is 0 Å². The standard InChI is InChI=1S/C20H27N3O3S/c1-13-17(14(2)26-21-13)10-23-7-6-16-18(12-27-19(16)11-23)20(24)22(3)9-15-5-4-8-25-15/h12,15H,4-11H2,1-3H3. The monoisotopic (exact) mass is 389 g/mol. The van der Waals surface area contributed by atoms with Crippen molar-refractivity contribution in [2.24, 2.45) is 0 Å². The van der Waals surface area contributed by atoms with Gasteiger partial charge < -0.3 is 14.2 Å². The van der Waals surface area contributed by atoms with Crippen LogP contribution in [0, 0.1) is 13.8 Å². The minimum atomic E-state index is 0.127. The number of amides is 1. The molecule has 0 spiro atoms. The zero-order chi connectivity index (χ0) is 19.0. The molecule has 1 unspecified atom stereocenters. The molecule has 0 radical (unpaired) electrons. The first-order valence-electron chi connectivity index (χ1n) is 9.63. The number of likely N-dealkylation sites (N-methyl/N-ethyl adjacent to an activating group) is 1. The van der Waals surface area contributed by atoms with Crippen molar-refractivity contribution in [3.8, 4) is 0 Å². The van der Waals surface area contributed by atoms with Crippen LogP contribution in [0.25, 0.3) is 0 Å². The van der Waals surface area contributed by atoms with Gasteiger partial charge in [-0.25, -0.2) is 0 Å². The van der Waals surface area contributed by atoms with Gasteiger partial charge in [0.25, 0.3) is 5.91 Å². The molecule has 6 nitrogen and oxygen atoms in total. The summed E-state index contributed by atoms with van der Waals surface area (Å²) in [6.07, 6.45) is 3.26. The second kappa shape index (κ2) is 7.73. The summed E-state index contributed by atoms with van der Waals surface area (Å²) in [7, 11) is 1.89. The summed E-state index contributed by atoms with van der Waals surface area (Å²) < 4.78 is 11.0. The molecule has 2 aliphatic heterocycles. The first-order valence-corrected chi connectivity index (χ1v) is 10.5. The van der Waals surface area contributed by atoms with Gasteiger partial charge in [0.2, 0.25) is 0 Å². The van der Waals surface area contributed by atoms with E-state index in [1.54, 1.807) is 11.3 Å². The van der Waals surface area contributed by atoms with Gasteiger partial charge in [0.15, 0.2) is 0 Å². The van der Waals surface area contributed by atoms with E-state index < -0.39 is 0 Å². The van der Waals surface area contributed by atoms with Crippen molar-refractivity contribution in [2.45, 2.75) is 52.3 Å². The summed E-state index contributed by atoms with van der Waals surface area (Å²) in [6, 6.07) is 0. The van der Waals surface area contributed by atoms with Crippen LogP contribution in [0.3, 0.4) is 0 Å². The van der Waals surface area contributed by atoms with Crippen LogP contribution in [0.1, 0.15) is 50.7 Å². The fourth-order valence-corrected chi connectivity index (χ4v) is 5.14. The third-order valence-corrected chi connectivity index (χ3v) is 6.68. The smallest absolute Gasteiger partial charge is 0.254 e. The van der Waals surface area contributed by atoms with Gasteiger partial charge in [-0.2, -0.15) is 0 Å². The van der Waals surface area contributed by atoms with Crippen molar-refractivity contribution in [1.82, 2.24) is 15.0 Å². The summed E-state index contributed by atoms with van der Waals surface area (Å²) in [5, 5.41) is 6.10. The number of aryl methyl sites for hydroxylation is 2. The minimum Gasteiger partial charge on any atom is -0.376 e. The number of hydrogen-bond acceptors (Lipinski definition) is 6. The Morgan fingerprint density at radius 1 is 1.44 bits per heavy atom. The molecule has 27 heavy (non-hydrogen) atoms. The molecular weight excluding hydrogens is 362 g/mol. The van der Waals surface area contributed by atoms with Crippen molar-refractivity contribution < 1.29 is 14.1 Å². The summed E-state index contributed by atoms with van der Waals surface area (Å²) in [5.41, 5.74) is 4.27. The first-order chi connectivity index (χ1) is 13.0. The number of thiophene rings is 1. The van der Waals surface area contributed by atoms with Crippen LogP contribution in [0.15, 0.2) is 9.90 Å². The maximum atomic E-state index is 12.9. The highest BCUT2D eigenvalue weighted by Crippen LogP contribution is 2.31. The van der Waals surface area contributed by atoms with Crippen LogP contribution < -0.4 is 0 Å². The van der Waals surface area contributed by atoms with Gasteiger partial charge in [-0.15, -0.1) is 11.3 Å². The molecule has 2 aliphatic rings. The molecule has 1 amide bonds. The zero-order valence-electron chi connectivity index (χ0n) is 16.3. The average molecular weight is 390 g/mol. The lowest BCUT2D eigenvalue weighted by atomic mass is 10.0. The van der Waals surface area contributed by atoms with E-state index in [0.717, 1.165) is 62.5 Å². The number of rotatable bonds is 5. The van der Waals surface area contributed by atoms with E-state index in [0.29, 0.717) is 6.54 Å². The highest BCUT2D eigenvalue weighted by Gasteiger charge is 2.27. The van der Waals surface area contributed by atoms with Gasteiger partial charge in [0, 0.05) is 55.7 Å². The molecule has 1 saturated heterocycles. The van der Waals surface area contributed by atoms with Crippen LogP contribution >= 0.6 is 11.3 Å². The summed E-state index contributed by atoms with van der Waals surface area (Å²) >= 11 is 1.71. The molecule has 4 heterocycles. The quantitative estimate of drug-likeness (QED) is 0.786. The Balaban J connectivity index is 1.42. The Hall–Kier alpha value is -1.70. The molecule has 0 N–H and O–H groups in total. The zero-order valence-corrected chi connectivity index (χ0v) is 17.1. The minimum absolute atomic E-state index is 0.127. The van der Waals surface area contributed by atoms with Crippen molar-refractivity contribution in [3.05, 3.63) is 38.4 Å². The molecule has 0 aromatic carbocycles. The van der Waals surface area contributed by atoms with Gasteiger partial charge in [-0.1, -0.05) is 5.16 Å². The van der Waals surface area contributed by atoms with Gasteiger partial charge in [0.1, 0.15) is 5.76 Å². The van der Waals surface area contributed by atoms with Gasteiger partial charge >= 0.3 is 0 Å². The van der Waals surface area contributed by atoms with Crippen LogP contribution in [0.2, 0.25) is 0 Å². The van der Waals surface area contributed by atoms with Crippen molar-refractivity contribution in [1.29, 1.82) is 0 Å². The summed E-state index contributed by atoms with van der Waals surface area (Å²) in [4.78, 5) is 18.5. The lowest BCUT2D eigenvalue weighted by Crippen LogP contribution is -2.35. The molecule has 2 aromatic heterocycles. The number of hydrogen-bond donors (Lipinski definition) is 0. The van der Waals surface area contributed by atoms with Gasteiger partial charge in [-0.05, 0) is 38.7 Å². The van der Waals surface area contributed by atoms with Crippen LogP contribution in [-0.2, 0) is 24.2 Å². The third kappa shape index (κ3) is 3.81. The third-order valence-electron chi connectivity index (χ3n) is 5.67. The number of ether oxygens (including phenoxy) is 1. The Morgan fingerprint density at radius 3 is 3.00 bits per heavy atom. The molecule has 0 bridgehead atoms. The van der Waals surface area contributed by atoms with E-state index in [-0.39, 0.29) is 12.0 Å². The Labute approximate surface area is 164 Å². The lowest BCUT2D eigenvalue weighted by molar-refractivity contribution is 0.0586. The molecule has 0 aliphatic carbocycles. The van der Waals surface area contributed by atoms with E-state index in [1.165, 1.54) is 16.0 Å². The van der Waals surface area contributed by atoms with Gasteiger partial charge in [-0.3, -0.25) is 9.69 Å². The average Bonchev–Trinajstić information content (AvgIpc) is 3.38. The van der Waals surface area contributed by atoms with Crippen molar-refractivity contribution in [2.75, 3.05) is 26.7 Å². The molecule has 146 valence electrons. The molecule has 2 aromatic rings. The maximum Gasteiger partial charge on any atom is 0.254 e. The Morgan fingerprint density at radius 2 is 2.30 bits per heavy atom. The van der Waals surface area contributed by atoms with E-state index in [9.17, 15) is 4.79 Å². The van der Waals surface area contributed by atoms with Crippen molar-refractivity contribution >= 4 is 17.2 Å². The Kier molecular flexibility index (Phi) is 5.34. The Bertz CT molecular complexity index is 803. The second-order valence-corrected chi connectivity index (χ2v) is 8.60. The number of nitrogens with zero attached hydrogens (tertiary/aromatic N) is 3. The predicted molar refractivity (Wildman–Crippen MR) is 104 cm³/mol. The number of carbonyl (C=O) groups excluding carboxylic acids is 1. The van der Waals surface area contributed by atoms with Crippen LogP contribution in [0.5, 0.6) is 0 Å². The largest absolute Gasteiger partial charge is 0.376 e. The fourth-order valence-electron chi connectivity index (χ4n) is 4.03.